The highest BCUT2D eigenvalue weighted by Crippen LogP contribution is 2.23. The quantitative estimate of drug-likeness (QED) is 0.701. The van der Waals surface area contributed by atoms with Crippen molar-refractivity contribution < 1.29 is 9.53 Å². The van der Waals surface area contributed by atoms with Gasteiger partial charge in [0.25, 0.3) is 5.91 Å². The van der Waals surface area contributed by atoms with Crippen molar-refractivity contribution in [1.29, 1.82) is 0 Å². The first kappa shape index (κ1) is 15.6. The molecule has 0 aliphatic rings. The van der Waals surface area contributed by atoms with Crippen LogP contribution in [0.15, 0.2) is 71.2 Å². The minimum Gasteiger partial charge on any atom is -0.481 e. The van der Waals surface area contributed by atoms with Crippen molar-refractivity contribution in [3.63, 3.8) is 0 Å². The van der Waals surface area contributed by atoms with E-state index in [1.54, 1.807) is 6.92 Å². The van der Waals surface area contributed by atoms with E-state index in [1.807, 2.05) is 66.7 Å². The molecule has 1 atom stereocenters. The van der Waals surface area contributed by atoms with Gasteiger partial charge in [-0.1, -0.05) is 46.3 Å². The molecule has 23 heavy (non-hydrogen) atoms. The van der Waals surface area contributed by atoms with Gasteiger partial charge in [0, 0.05) is 10.2 Å². The highest BCUT2D eigenvalue weighted by atomic mass is 79.9. The van der Waals surface area contributed by atoms with Gasteiger partial charge in [-0.2, -0.15) is 0 Å². The molecule has 1 N–H and O–H groups in total. The first-order chi connectivity index (χ1) is 11.1. The number of amides is 1. The van der Waals surface area contributed by atoms with E-state index >= 15 is 0 Å². The van der Waals surface area contributed by atoms with Crippen LogP contribution in [-0.4, -0.2) is 12.0 Å². The molecule has 3 nitrogen and oxygen atoms in total. The molecule has 0 bridgehead atoms. The topological polar surface area (TPSA) is 38.3 Å². The van der Waals surface area contributed by atoms with Gasteiger partial charge in [-0.05, 0) is 54.1 Å². The first-order valence-corrected chi connectivity index (χ1v) is 8.13. The van der Waals surface area contributed by atoms with Crippen LogP contribution in [-0.2, 0) is 4.79 Å². The summed E-state index contributed by atoms with van der Waals surface area (Å²) in [6.07, 6.45) is -0.571. The van der Waals surface area contributed by atoms with E-state index < -0.39 is 6.10 Å². The fourth-order valence-corrected chi connectivity index (χ4v) is 2.67. The maximum Gasteiger partial charge on any atom is 0.265 e. The molecule has 0 aliphatic heterocycles. The Hall–Kier alpha value is -2.33. The van der Waals surface area contributed by atoms with Crippen LogP contribution in [0.2, 0.25) is 0 Å². The molecule has 0 unspecified atom stereocenters. The van der Waals surface area contributed by atoms with Gasteiger partial charge in [-0.25, -0.2) is 0 Å². The maximum absolute atomic E-state index is 12.3. The standard InChI is InChI=1S/C19H16BrNO2/c1-13(23-18-5-3-2-4-6-18)19(22)21-17-10-8-14-11-16(20)9-7-15(14)12-17/h2-13H,1H3,(H,21,22)/t13-/m0/s1. The van der Waals surface area contributed by atoms with E-state index in [-0.39, 0.29) is 5.91 Å². The lowest BCUT2D eigenvalue weighted by molar-refractivity contribution is -0.122. The molecule has 3 rings (SSSR count). The molecule has 116 valence electrons. The van der Waals surface area contributed by atoms with Crippen LogP contribution >= 0.6 is 15.9 Å². The number of anilines is 1. The maximum atomic E-state index is 12.3. The number of nitrogens with one attached hydrogen (secondary N) is 1. The monoisotopic (exact) mass is 369 g/mol. The summed E-state index contributed by atoms with van der Waals surface area (Å²) in [4.78, 5) is 12.3. The molecule has 4 heteroatoms. The highest BCUT2D eigenvalue weighted by Gasteiger charge is 2.14. The normalized spacial score (nSPS) is 11.9. The van der Waals surface area contributed by atoms with E-state index in [2.05, 4.69) is 21.2 Å². The second-order valence-corrected chi connectivity index (χ2v) is 6.18. The number of halogens is 1. The second kappa shape index (κ2) is 6.84. The SMILES string of the molecule is C[C@H](Oc1ccccc1)C(=O)Nc1ccc2cc(Br)ccc2c1. The van der Waals surface area contributed by atoms with Crippen molar-refractivity contribution in [2.24, 2.45) is 0 Å². The molecule has 0 aliphatic carbocycles. The van der Waals surface area contributed by atoms with Gasteiger partial charge in [0.1, 0.15) is 5.75 Å². The fraction of sp³-hybridized carbons (Fsp3) is 0.105. The summed E-state index contributed by atoms with van der Waals surface area (Å²) < 4.78 is 6.67. The van der Waals surface area contributed by atoms with E-state index in [1.165, 1.54) is 0 Å². The summed E-state index contributed by atoms with van der Waals surface area (Å²) in [5.41, 5.74) is 0.758. The average Bonchev–Trinajstić information content (AvgIpc) is 2.56. The Morgan fingerprint density at radius 3 is 2.48 bits per heavy atom. The Morgan fingerprint density at radius 1 is 1.00 bits per heavy atom. The van der Waals surface area contributed by atoms with Crippen LogP contribution in [0.25, 0.3) is 10.8 Å². The molecule has 0 fully saturated rings. The van der Waals surface area contributed by atoms with Gasteiger partial charge in [0.2, 0.25) is 0 Å². The van der Waals surface area contributed by atoms with Gasteiger partial charge in [-0.15, -0.1) is 0 Å². The van der Waals surface area contributed by atoms with E-state index in [0.717, 1.165) is 20.9 Å². The Balaban J connectivity index is 1.70. The van der Waals surface area contributed by atoms with Gasteiger partial charge in [0.05, 0.1) is 0 Å². The molecule has 0 saturated heterocycles. The Labute approximate surface area is 143 Å². The Morgan fingerprint density at radius 2 is 1.70 bits per heavy atom. The minimum atomic E-state index is -0.571. The Bertz CT molecular complexity index is 833. The fourth-order valence-electron chi connectivity index (χ4n) is 2.29. The minimum absolute atomic E-state index is 0.176. The van der Waals surface area contributed by atoms with Crippen molar-refractivity contribution in [3.05, 3.63) is 71.2 Å². The zero-order chi connectivity index (χ0) is 16.2. The lowest BCUT2D eigenvalue weighted by Gasteiger charge is -2.15. The van der Waals surface area contributed by atoms with Gasteiger partial charge < -0.3 is 10.1 Å². The first-order valence-electron chi connectivity index (χ1n) is 7.34. The summed E-state index contributed by atoms with van der Waals surface area (Å²) in [5, 5.41) is 5.08. The molecule has 1 amide bonds. The predicted molar refractivity (Wildman–Crippen MR) is 96.8 cm³/mol. The molecular weight excluding hydrogens is 354 g/mol. The van der Waals surface area contributed by atoms with Gasteiger partial charge in [0.15, 0.2) is 6.10 Å². The third-order valence-corrected chi connectivity index (χ3v) is 3.99. The van der Waals surface area contributed by atoms with Crippen LogP contribution in [0.5, 0.6) is 5.75 Å². The Kier molecular flexibility index (Phi) is 4.63. The van der Waals surface area contributed by atoms with Crippen LogP contribution in [0.4, 0.5) is 5.69 Å². The van der Waals surface area contributed by atoms with Crippen molar-refractivity contribution in [2.45, 2.75) is 13.0 Å². The van der Waals surface area contributed by atoms with Crippen LogP contribution in [0, 0.1) is 0 Å². The largest absolute Gasteiger partial charge is 0.481 e. The number of hydrogen-bond acceptors (Lipinski definition) is 2. The lowest BCUT2D eigenvalue weighted by Crippen LogP contribution is -2.30. The smallest absolute Gasteiger partial charge is 0.265 e. The number of ether oxygens (including phenoxy) is 1. The molecule has 3 aromatic carbocycles. The number of benzene rings is 3. The van der Waals surface area contributed by atoms with Crippen LogP contribution in [0.3, 0.4) is 0 Å². The van der Waals surface area contributed by atoms with Crippen LogP contribution < -0.4 is 10.1 Å². The predicted octanol–water partition coefficient (Wildman–Crippen LogP) is 5.01. The molecule has 0 spiro atoms. The number of carbonyl (C=O) groups excluding carboxylic acids is 1. The number of carbonyl (C=O) groups is 1. The van der Waals surface area contributed by atoms with E-state index in [0.29, 0.717) is 5.75 Å². The second-order valence-electron chi connectivity index (χ2n) is 5.27. The van der Waals surface area contributed by atoms with Crippen molar-refractivity contribution in [2.75, 3.05) is 5.32 Å². The highest BCUT2D eigenvalue weighted by molar-refractivity contribution is 9.10. The van der Waals surface area contributed by atoms with Gasteiger partial charge >= 0.3 is 0 Å². The number of hydrogen-bond donors (Lipinski definition) is 1. The summed E-state index contributed by atoms with van der Waals surface area (Å²) in [7, 11) is 0. The summed E-state index contributed by atoms with van der Waals surface area (Å²) >= 11 is 3.46. The van der Waals surface area contributed by atoms with Gasteiger partial charge in [-0.3, -0.25) is 4.79 Å². The van der Waals surface area contributed by atoms with E-state index in [4.69, 9.17) is 4.74 Å². The molecule has 0 heterocycles. The molecule has 0 aromatic heterocycles. The molecule has 0 radical (unpaired) electrons. The zero-order valence-electron chi connectivity index (χ0n) is 12.6. The van der Waals surface area contributed by atoms with Crippen molar-refractivity contribution in [1.82, 2.24) is 0 Å². The summed E-state index contributed by atoms with van der Waals surface area (Å²) in [6, 6.07) is 21.2. The third kappa shape index (κ3) is 3.90. The third-order valence-electron chi connectivity index (χ3n) is 3.50. The van der Waals surface area contributed by atoms with Crippen molar-refractivity contribution >= 4 is 38.3 Å². The molecule has 0 saturated carbocycles. The zero-order valence-corrected chi connectivity index (χ0v) is 14.2. The van der Waals surface area contributed by atoms with Crippen molar-refractivity contribution in [3.8, 4) is 5.75 Å². The summed E-state index contributed by atoms with van der Waals surface area (Å²) in [6.45, 7) is 1.74. The summed E-state index contributed by atoms with van der Waals surface area (Å²) in [5.74, 6) is 0.504. The van der Waals surface area contributed by atoms with E-state index in [9.17, 15) is 4.79 Å². The number of fused-ring (bicyclic) bond motifs is 1. The average molecular weight is 370 g/mol. The molecular formula is C19H16BrNO2. The van der Waals surface area contributed by atoms with Crippen LogP contribution in [0.1, 0.15) is 6.92 Å². The lowest BCUT2D eigenvalue weighted by atomic mass is 10.1. The number of para-hydroxylation sites is 1. The molecule has 3 aromatic rings. The number of rotatable bonds is 4.